The fourth-order valence-corrected chi connectivity index (χ4v) is 2.04. The number of para-hydroxylation sites is 2. The summed E-state index contributed by atoms with van der Waals surface area (Å²) in [7, 11) is 0. The Morgan fingerprint density at radius 1 is 1.10 bits per heavy atom. The van der Waals surface area contributed by atoms with Crippen LogP contribution < -0.4 is 0 Å². The number of phenolic OH excluding ortho intramolecular Hbond substituents is 1. The van der Waals surface area contributed by atoms with Crippen molar-refractivity contribution in [3.05, 3.63) is 60.6 Å². The fraction of sp³-hybridized carbons (Fsp3) is 0. The molecule has 0 saturated carbocycles. The highest BCUT2D eigenvalue weighted by Gasteiger charge is 2.17. The van der Waals surface area contributed by atoms with Gasteiger partial charge in [0.05, 0.1) is 5.69 Å². The van der Waals surface area contributed by atoms with Crippen molar-refractivity contribution in [1.82, 2.24) is 14.8 Å². The Morgan fingerprint density at radius 3 is 2.48 bits per heavy atom. The second-order valence-electron chi connectivity index (χ2n) is 4.36. The Hall–Kier alpha value is -3.15. The summed E-state index contributed by atoms with van der Waals surface area (Å²) in [6, 6.07) is 11.6. The van der Waals surface area contributed by atoms with Crippen molar-refractivity contribution in [1.29, 1.82) is 0 Å². The van der Waals surface area contributed by atoms with E-state index < -0.39 is 5.97 Å². The van der Waals surface area contributed by atoms with Gasteiger partial charge in [0.1, 0.15) is 11.4 Å². The molecule has 0 spiro atoms. The van der Waals surface area contributed by atoms with Gasteiger partial charge in [-0.15, -0.1) is 0 Å². The van der Waals surface area contributed by atoms with Crippen LogP contribution in [0.5, 0.6) is 5.75 Å². The molecule has 0 unspecified atom stereocenters. The molecule has 0 bridgehead atoms. The van der Waals surface area contributed by atoms with E-state index >= 15 is 0 Å². The number of nitrogens with zero attached hydrogens (tertiary/aromatic N) is 3. The quantitative estimate of drug-likeness (QED) is 0.769. The SMILES string of the molecule is O=C(O)c1cc(-c2ccncc2)n(-c2ccccc2O)n1. The van der Waals surface area contributed by atoms with Crippen LogP contribution in [0.15, 0.2) is 54.9 Å². The van der Waals surface area contributed by atoms with Crippen LogP contribution in [0.3, 0.4) is 0 Å². The number of aromatic carboxylic acids is 1. The highest BCUT2D eigenvalue weighted by atomic mass is 16.4. The van der Waals surface area contributed by atoms with Crippen LogP contribution in [0.2, 0.25) is 0 Å². The standard InChI is InChI=1S/C15H11N3O3/c19-14-4-2-1-3-12(14)18-13(9-11(17-18)15(20)21)10-5-7-16-8-6-10/h1-9,19H,(H,20,21). The monoisotopic (exact) mass is 281 g/mol. The first-order valence-electron chi connectivity index (χ1n) is 6.19. The summed E-state index contributed by atoms with van der Waals surface area (Å²) in [4.78, 5) is 15.1. The number of aromatic hydroxyl groups is 1. The first-order chi connectivity index (χ1) is 10.2. The van der Waals surface area contributed by atoms with E-state index in [1.807, 2.05) is 0 Å². The lowest BCUT2D eigenvalue weighted by molar-refractivity contribution is 0.0690. The molecule has 104 valence electrons. The molecule has 2 heterocycles. The molecule has 0 aliphatic rings. The van der Waals surface area contributed by atoms with Gasteiger partial charge in [0, 0.05) is 18.0 Å². The van der Waals surface area contributed by atoms with E-state index in [0.717, 1.165) is 5.56 Å². The van der Waals surface area contributed by atoms with E-state index in [4.69, 9.17) is 5.11 Å². The van der Waals surface area contributed by atoms with Crippen molar-refractivity contribution < 1.29 is 15.0 Å². The van der Waals surface area contributed by atoms with Gasteiger partial charge in [-0.05, 0) is 30.3 Å². The van der Waals surface area contributed by atoms with Crippen LogP contribution in [-0.4, -0.2) is 30.9 Å². The number of rotatable bonds is 3. The summed E-state index contributed by atoms with van der Waals surface area (Å²) >= 11 is 0. The lowest BCUT2D eigenvalue weighted by Gasteiger charge is -2.08. The normalized spacial score (nSPS) is 10.5. The number of benzene rings is 1. The summed E-state index contributed by atoms with van der Waals surface area (Å²) in [6.45, 7) is 0. The zero-order valence-electron chi connectivity index (χ0n) is 10.8. The van der Waals surface area contributed by atoms with Gasteiger partial charge in [-0.1, -0.05) is 12.1 Å². The predicted octanol–water partition coefficient (Wildman–Crippen LogP) is 2.34. The minimum atomic E-state index is -1.13. The van der Waals surface area contributed by atoms with Gasteiger partial charge in [0.15, 0.2) is 5.69 Å². The summed E-state index contributed by atoms with van der Waals surface area (Å²) in [5.74, 6) is -1.10. The number of aromatic nitrogens is 3. The Balaban J connectivity index is 2.24. The summed E-state index contributed by atoms with van der Waals surface area (Å²) < 4.78 is 1.41. The van der Waals surface area contributed by atoms with Crippen molar-refractivity contribution in [2.24, 2.45) is 0 Å². The van der Waals surface area contributed by atoms with E-state index in [2.05, 4.69) is 10.1 Å². The van der Waals surface area contributed by atoms with Gasteiger partial charge in [-0.3, -0.25) is 4.98 Å². The molecule has 0 radical (unpaired) electrons. The first kappa shape index (κ1) is 12.9. The van der Waals surface area contributed by atoms with E-state index in [-0.39, 0.29) is 11.4 Å². The molecule has 0 aliphatic heterocycles. The number of carboxylic acid groups (broad SMARTS) is 1. The van der Waals surface area contributed by atoms with E-state index in [9.17, 15) is 9.90 Å². The largest absolute Gasteiger partial charge is 0.506 e. The molecule has 0 atom stereocenters. The Kier molecular flexibility index (Phi) is 3.12. The molecular formula is C15H11N3O3. The molecule has 6 nitrogen and oxygen atoms in total. The topological polar surface area (TPSA) is 88.2 Å². The minimum Gasteiger partial charge on any atom is -0.506 e. The van der Waals surface area contributed by atoms with Crippen LogP contribution in [0.1, 0.15) is 10.5 Å². The molecule has 0 aliphatic carbocycles. The van der Waals surface area contributed by atoms with Crippen molar-refractivity contribution in [2.45, 2.75) is 0 Å². The minimum absolute atomic E-state index is 0.0212. The lowest BCUT2D eigenvalue weighted by atomic mass is 10.2. The van der Waals surface area contributed by atoms with Gasteiger partial charge < -0.3 is 10.2 Å². The molecule has 0 fully saturated rings. The smallest absolute Gasteiger partial charge is 0.356 e. The van der Waals surface area contributed by atoms with Crippen LogP contribution in [-0.2, 0) is 0 Å². The molecule has 2 N–H and O–H groups in total. The zero-order valence-corrected chi connectivity index (χ0v) is 10.8. The van der Waals surface area contributed by atoms with Gasteiger partial charge in [-0.2, -0.15) is 5.10 Å². The summed E-state index contributed by atoms with van der Waals surface area (Å²) in [5, 5.41) is 23.2. The maximum Gasteiger partial charge on any atom is 0.356 e. The second-order valence-corrected chi connectivity index (χ2v) is 4.36. The number of pyridine rings is 1. The van der Waals surface area contributed by atoms with Crippen LogP contribution >= 0.6 is 0 Å². The van der Waals surface area contributed by atoms with Gasteiger partial charge >= 0.3 is 5.97 Å². The molecular weight excluding hydrogens is 270 g/mol. The molecule has 21 heavy (non-hydrogen) atoms. The Morgan fingerprint density at radius 2 is 1.81 bits per heavy atom. The third-order valence-corrected chi connectivity index (χ3v) is 3.01. The molecule has 3 rings (SSSR count). The molecule has 3 aromatic rings. The van der Waals surface area contributed by atoms with Crippen LogP contribution in [0.25, 0.3) is 16.9 Å². The molecule has 6 heteroatoms. The number of hydrogen-bond donors (Lipinski definition) is 2. The van der Waals surface area contributed by atoms with Crippen molar-refractivity contribution >= 4 is 5.97 Å². The summed E-state index contributed by atoms with van der Waals surface area (Å²) in [6.07, 6.45) is 3.22. The zero-order chi connectivity index (χ0) is 14.8. The number of carboxylic acids is 1. The highest BCUT2D eigenvalue weighted by Crippen LogP contribution is 2.28. The van der Waals surface area contributed by atoms with Crippen LogP contribution in [0, 0.1) is 0 Å². The summed E-state index contributed by atoms with van der Waals surface area (Å²) in [5.41, 5.74) is 1.64. The van der Waals surface area contributed by atoms with Gasteiger partial charge in [0.2, 0.25) is 0 Å². The van der Waals surface area contributed by atoms with Gasteiger partial charge in [0.25, 0.3) is 0 Å². The molecule has 0 saturated heterocycles. The molecule has 1 aromatic carbocycles. The highest BCUT2D eigenvalue weighted by molar-refractivity contribution is 5.87. The van der Waals surface area contributed by atoms with E-state index in [1.165, 1.54) is 16.8 Å². The third kappa shape index (κ3) is 2.34. The van der Waals surface area contributed by atoms with E-state index in [0.29, 0.717) is 11.4 Å². The second kappa shape index (κ2) is 5.09. The Bertz CT molecular complexity index is 797. The maximum absolute atomic E-state index is 11.2. The predicted molar refractivity (Wildman–Crippen MR) is 75.4 cm³/mol. The van der Waals surface area contributed by atoms with Gasteiger partial charge in [-0.25, -0.2) is 9.48 Å². The lowest BCUT2D eigenvalue weighted by Crippen LogP contribution is -2.02. The van der Waals surface area contributed by atoms with E-state index in [1.54, 1.807) is 42.7 Å². The number of phenols is 1. The maximum atomic E-state index is 11.2. The molecule has 0 amide bonds. The van der Waals surface area contributed by atoms with Crippen LogP contribution in [0.4, 0.5) is 0 Å². The average molecular weight is 281 g/mol. The average Bonchev–Trinajstić information content (AvgIpc) is 2.94. The van der Waals surface area contributed by atoms with Crippen molar-refractivity contribution in [2.75, 3.05) is 0 Å². The van der Waals surface area contributed by atoms with Crippen molar-refractivity contribution in [3.63, 3.8) is 0 Å². The number of hydrogen-bond acceptors (Lipinski definition) is 4. The third-order valence-electron chi connectivity index (χ3n) is 3.01. The Labute approximate surface area is 119 Å². The molecule has 2 aromatic heterocycles. The first-order valence-corrected chi connectivity index (χ1v) is 6.19. The fourth-order valence-electron chi connectivity index (χ4n) is 2.04. The number of carbonyl (C=O) groups is 1. The van der Waals surface area contributed by atoms with Crippen molar-refractivity contribution in [3.8, 4) is 22.7 Å².